The van der Waals surface area contributed by atoms with E-state index in [4.69, 9.17) is 10.5 Å². The molecule has 0 aromatic heterocycles. The molecule has 2 heteroatoms. The molecule has 0 aliphatic carbocycles. The lowest BCUT2D eigenvalue weighted by atomic mass is 9.85. The van der Waals surface area contributed by atoms with Crippen molar-refractivity contribution in [3.63, 3.8) is 0 Å². The third-order valence-corrected chi connectivity index (χ3v) is 4.17. The summed E-state index contributed by atoms with van der Waals surface area (Å²) in [6, 6.07) is 17.1. The number of methoxy groups -OCH3 is 1. The van der Waals surface area contributed by atoms with Crippen molar-refractivity contribution in [2.24, 2.45) is 5.73 Å². The van der Waals surface area contributed by atoms with E-state index < -0.39 is 0 Å². The van der Waals surface area contributed by atoms with Crippen LogP contribution < -0.4 is 10.5 Å². The smallest absolute Gasteiger partial charge is 0.118 e. The molecule has 22 heavy (non-hydrogen) atoms. The van der Waals surface area contributed by atoms with Crippen LogP contribution >= 0.6 is 0 Å². The van der Waals surface area contributed by atoms with E-state index in [1.165, 1.54) is 16.7 Å². The molecule has 0 aliphatic rings. The van der Waals surface area contributed by atoms with Gasteiger partial charge in [-0.25, -0.2) is 0 Å². The zero-order valence-corrected chi connectivity index (χ0v) is 14.1. The molecular formula is C20H27NO. The molecule has 2 N–H and O–H groups in total. The van der Waals surface area contributed by atoms with Gasteiger partial charge >= 0.3 is 0 Å². The zero-order chi connectivity index (χ0) is 16.2. The van der Waals surface area contributed by atoms with E-state index in [1.54, 1.807) is 7.11 Å². The Morgan fingerprint density at radius 3 is 2.00 bits per heavy atom. The summed E-state index contributed by atoms with van der Waals surface area (Å²) in [4.78, 5) is 0. The molecule has 0 saturated carbocycles. The van der Waals surface area contributed by atoms with Crippen LogP contribution in [0.15, 0.2) is 48.5 Å². The fourth-order valence-corrected chi connectivity index (χ4v) is 2.64. The first-order chi connectivity index (χ1) is 10.4. The summed E-state index contributed by atoms with van der Waals surface area (Å²) in [6.07, 6.45) is 0.966. The summed E-state index contributed by atoms with van der Waals surface area (Å²) in [5, 5.41) is 0. The average Bonchev–Trinajstić information content (AvgIpc) is 2.52. The van der Waals surface area contributed by atoms with Gasteiger partial charge in [0.05, 0.1) is 7.11 Å². The van der Waals surface area contributed by atoms with Gasteiger partial charge in [0.1, 0.15) is 5.75 Å². The number of rotatable bonds is 5. The Labute approximate surface area is 134 Å². The first kappa shape index (κ1) is 16.6. The minimum atomic E-state index is 0.196. The van der Waals surface area contributed by atoms with Crippen molar-refractivity contribution in [3.05, 3.63) is 65.2 Å². The molecule has 0 aliphatic heterocycles. The van der Waals surface area contributed by atoms with Gasteiger partial charge in [-0.2, -0.15) is 0 Å². The van der Waals surface area contributed by atoms with Gasteiger partial charge < -0.3 is 10.5 Å². The van der Waals surface area contributed by atoms with Crippen molar-refractivity contribution in [1.82, 2.24) is 0 Å². The minimum Gasteiger partial charge on any atom is -0.497 e. The molecule has 2 nitrogen and oxygen atoms in total. The van der Waals surface area contributed by atoms with Crippen LogP contribution in [0, 0.1) is 0 Å². The highest BCUT2D eigenvalue weighted by Crippen LogP contribution is 2.25. The van der Waals surface area contributed by atoms with E-state index >= 15 is 0 Å². The second-order valence-corrected chi connectivity index (χ2v) is 6.86. The van der Waals surface area contributed by atoms with Crippen LogP contribution in [-0.2, 0) is 11.8 Å². The molecule has 0 saturated heterocycles. The number of nitrogens with two attached hydrogens (primary N) is 1. The Bertz CT molecular complexity index is 579. The maximum atomic E-state index is 5.99. The van der Waals surface area contributed by atoms with Crippen molar-refractivity contribution in [1.29, 1.82) is 0 Å². The fourth-order valence-electron chi connectivity index (χ4n) is 2.64. The summed E-state index contributed by atoms with van der Waals surface area (Å²) in [5.41, 5.74) is 10.2. The normalized spacial score (nSPS) is 13.0. The van der Waals surface area contributed by atoms with E-state index in [1.807, 2.05) is 12.1 Å². The van der Waals surface area contributed by atoms with Crippen LogP contribution in [0.4, 0.5) is 0 Å². The van der Waals surface area contributed by atoms with Crippen LogP contribution in [0.5, 0.6) is 5.75 Å². The molecule has 2 aromatic carbocycles. The number of ether oxygens (including phenoxy) is 1. The summed E-state index contributed by atoms with van der Waals surface area (Å²) >= 11 is 0. The maximum absolute atomic E-state index is 5.99. The third kappa shape index (κ3) is 4.11. The topological polar surface area (TPSA) is 35.2 Å². The van der Waals surface area contributed by atoms with Crippen molar-refractivity contribution < 1.29 is 4.74 Å². The standard InChI is InChI=1S/C20H27NO/c1-20(2,3)18-9-5-15(6-10-18)13-17(14-21)16-7-11-19(22-4)12-8-16/h5-12,17H,13-14,21H2,1-4H3. The fraction of sp³-hybridized carbons (Fsp3) is 0.400. The predicted octanol–water partition coefficient (Wildman–Crippen LogP) is 4.28. The quantitative estimate of drug-likeness (QED) is 0.894. The van der Waals surface area contributed by atoms with Gasteiger partial charge in [-0.15, -0.1) is 0 Å². The van der Waals surface area contributed by atoms with Gasteiger partial charge in [0.25, 0.3) is 0 Å². The number of benzene rings is 2. The van der Waals surface area contributed by atoms with Crippen molar-refractivity contribution in [3.8, 4) is 5.75 Å². The molecule has 2 aromatic rings. The first-order valence-electron chi connectivity index (χ1n) is 7.87. The molecule has 0 bridgehead atoms. The van der Waals surface area contributed by atoms with E-state index in [0.29, 0.717) is 12.5 Å². The van der Waals surface area contributed by atoms with Gasteiger partial charge in [-0.3, -0.25) is 0 Å². The van der Waals surface area contributed by atoms with Crippen molar-refractivity contribution >= 4 is 0 Å². The zero-order valence-electron chi connectivity index (χ0n) is 14.1. The molecule has 0 heterocycles. The SMILES string of the molecule is COc1ccc(C(CN)Cc2ccc(C(C)(C)C)cc2)cc1. The molecule has 0 spiro atoms. The monoisotopic (exact) mass is 297 g/mol. The number of hydrogen-bond acceptors (Lipinski definition) is 2. The molecular weight excluding hydrogens is 270 g/mol. The molecule has 0 fully saturated rings. The molecule has 1 atom stereocenters. The molecule has 1 unspecified atom stereocenters. The predicted molar refractivity (Wildman–Crippen MR) is 93.6 cm³/mol. The highest BCUT2D eigenvalue weighted by atomic mass is 16.5. The van der Waals surface area contributed by atoms with Crippen molar-refractivity contribution in [2.75, 3.05) is 13.7 Å². The summed E-state index contributed by atoms with van der Waals surface area (Å²) in [7, 11) is 1.69. The van der Waals surface area contributed by atoms with E-state index in [-0.39, 0.29) is 5.41 Å². The molecule has 0 radical (unpaired) electrons. The lowest BCUT2D eigenvalue weighted by Gasteiger charge is -2.20. The van der Waals surface area contributed by atoms with E-state index in [0.717, 1.165) is 12.2 Å². The van der Waals surface area contributed by atoms with Crippen LogP contribution in [0.25, 0.3) is 0 Å². The summed E-state index contributed by atoms with van der Waals surface area (Å²) < 4.78 is 5.21. The Balaban J connectivity index is 2.12. The molecule has 118 valence electrons. The highest BCUT2D eigenvalue weighted by molar-refractivity contribution is 5.32. The van der Waals surface area contributed by atoms with Crippen LogP contribution in [-0.4, -0.2) is 13.7 Å². The van der Waals surface area contributed by atoms with Gasteiger partial charge in [-0.05, 0) is 47.2 Å². The molecule has 0 amide bonds. The second-order valence-electron chi connectivity index (χ2n) is 6.86. The summed E-state index contributed by atoms with van der Waals surface area (Å²) in [6.45, 7) is 7.36. The Kier molecular flexibility index (Phi) is 5.25. The van der Waals surface area contributed by atoms with Crippen LogP contribution in [0.3, 0.4) is 0 Å². The Morgan fingerprint density at radius 2 is 1.55 bits per heavy atom. The highest BCUT2D eigenvalue weighted by Gasteiger charge is 2.14. The van der Waals surface area contributed by atoms with Gasteiger partial charge in [-0.1, -0.05) is 57.2 Å². The van der Waals surface area contributed by atoms with Crippen LogP contribution in [0.1, 0.15) is 43.4 Å². The van der Waals surface area contributed by atoms with Gasteiger partial charge in [0.2, 0.25) is 0 Å². The van der Waals surface area contributed by atoms with E-state index in [9.17, 15) is 0 Å². The number of hydrogen-bond donors (Lipinski definition) is 1. The third-order valence-electron chi connectivity index (χ3n) is 4.17. The largest absolute Gasteiger partial charge is 0.497 e. The minimum absolute atomic E-state index is 0.196. The Morgan fingerprint density at radius 1 is 0.955 bits per heavy atom. The van der Waals surface area contributed by atoms with Gasteiger partial charge in [0, 0.05) is 5.92 Å². The Hall–Kier alpha value is -1.80. The lowest BCUT2D eigenvalue weighted by molar-refractivity contribution is 0.414. The van der Waals surface area contributed by atoms with E-state index in [2.05, 4.69) is 57.2 Å². The lowest BCUT2D eigenvalue weighted by Crippen LogP contribution is -2.15. The van der Waals surface area contributed by atoms with Gasteiger partial charge in [0.15, 0.2) is 0 Å². The first-order valence-corrected chi connectivity index (χ1v) is 7.87. The maximum Gasteiger partial charge on any atom is 0.118 e. The second kappa shape index (κ2) is 6.97. The average molecular weight is 297 g/mol. The molecule has 2 rings (SSSR count). The summed E-state index contributed by atoms with van der Waals surface area (Å²) in [5.74, 6) is 1.22. The van der Waals surface area contributed by atoms with Crippen LogP contribution in [0.2, 0.25) is 0 Å². The van der Waals surface area contributed by atoms with Crippen molar-refractivity contribution in [2.45, 2.75) is 38.5 Å².